The van der Waals surface area contributed by atoms with Crippen LogP contribution in [0.5, 0.6) is 0 Å². The van der Waals surface area contributed by atoms with Crippen molar-refractivity contribution >= 4 is 17.4 Å². The van der Waals surface area contributed by atoms with Crippen LogP contribution in [0.2, 0.25) is 5.28 Å². The normalized spacial score (nSPS) is 14.4. The maximum atomic E-state index is 13.7. The highest BCUT2D eigenvalue weighted by atomic mass is 35.5. The highest BCUT2D eigenvalue weighted by Gasteiger charge is 2.20. The summed E-state index contributed by atoms with van der Waals surface area (Å²) in [6.07, 6.45) is 2.00. The van der Waals surface area contributed by atoms with E-state index in [0.717, 1.165) is 19.2 Å². The highest BCUT2D eigenvalue weighted by molar-refractivity contribution is 6.28. The van der Waals surface area contributed by atoms with Gasteiger partial charge in [-0.1, -0.05) is 24.3 Å². The number of fused-ring (bicyclic) bond motifs is 1. The molecule has 0 saturated carbocycles. The Morgan fingerprint density at radius 3 is 2.83 bits per heavy atom. The van der Waals surface area contributed by atoms with Gasteiger partial charge in [-0.3, -0.25) is 0 Å². The van der Waals surface area contributed by atoms with E-state index < -0.39 is 5.82 Å². The number of aromatic nitrogens is 2. The van der Waals surface area contributed by atoms with Crippen LogP contribution in [0, 0.1) is 5.82 Å². The van der Waals surface area contributed by atoms with Gasteiger partial charge in [0.1, 0.15) is 0 Å². The van der Waals surface area contributed by atoms with E-state index in [9.17, 15) is 4.39 Å². The summed E-state index contributed by atoms with van der Waals surface area (Å²) in [5, 5.41) is 0.0743. The van der Waals surface area contributed by atoms with E-state index in [-0.39, 0.29) is 11.1 Å². The van der Waals surface area contributed by atoms with Gasteiger partial charge in [-0.25, -0.2) is 9.37 Å². The molecule has 0 amide bonds. The molecule has 3 nitrogen and oxygen atoms in total. The van der Waals surface area contributed by atoms with Gasteiger partial charge in [0.05, 0.1) is 6.20 Å². The smallest absolute Gasteiger partial charge is 0.224 e. The lowest BCUT2D eigenvalue weighted by atomic mass is 10.00. The molecule has 0 fully saturated rings. The summed E-state index contributed by atoms with van der Waals surface area (Å²) in [5.41, 5.74) is 2.52. The maximum absolute atomic E-state index is 13.7. The second kappa shape index (κ2) is 4.53. The Bertz CT molecular complexity index is 588. The molecular formula is C13H11ClFN3. The molecule has 0 aliphatic carbocycles. The van der Waals surface area contributed by atoms with E-state index in [1.165, 1.54) is 11.1 Å². The third-order valence-electron chi connectivity index (χ3n) is 3.13. The van der Waals surface area contributed by atoms with Crippen molar-refractivity contribution in [2.75, 3.05) is 11.4 Å². The summed E-state index contributed by atoms with van der Waals surface area (Å²) in [6, 6.07) is 8.18. The second-order valence-corrected chi connectivity index (χ2v) is 4.59. The number of rotatable bonds is 1. The van der Waals surface area contributed by atoms with Crippen LogP contribution in [0.4, 0.5) is 10.2 Å². The number of halogens is 2. The van der Waals surface area contributed by atoms with Crippen LogP contribution >= 0.6 is 11.6 Å². The molecule has 0 spiro atoms. The van der Waals surface area contributed by atoms with Crippen molar-refractivity contribution in [3.8, 4) is 0 Å². The molecule has 1 aliphatic heterocycles. The Labute approximate surface area is 109 Å². The van der Waals surface area contributed by atoms with Crippen molar-refractivity contribution in [3.05, 3.63) is 52.7 Å². The van der Waals surface area contributed by atoms with Crippen LogP contribution in [-0.2, 0) is 13.0 Å². The molecule has 2 aromatic rings. The third-order valence-corrected chi connectivity index (χ3v) is 3.31. The second-order valence-electron chi connectivity index (χ2n) is 4.25. The first-order valence-corrected chi connectivity index (χ1v) is 6.11. The largest absolute Gasteiger partial charge is 0.349 e. The Morgan fingerprint density at radius 2 is 2.00 bits per heavy atom. The average molecular weight is 264 g/mol. The summed E-state index contributed by atoms with van der Waals surface area (Å²) < 4.78 is 13.7. The number of benzene rings is 1. The Kier molecular flexibility index (Phi) is 2.88. The van der Waals surface area contributed by atoms with Crippen molar-refractivity contribution in [1.29, 1.82) is 0 Å². The fourth-order valence-electron chi connectivity index (χ4n) is 2.24. The van der Waals surface area contributed by atoms with E-state index in [4.69, 9.17) is 11.6 Å². The van der Waals surface area contributed by atoms with Gasteiger partial charge in [-0.15, -0.1) is 0 Å². The zero-order valence-corrected chi connectivity index (χ0v) is 10.4. The molecule has 5 heteroatoms. The molecule has 92 valence electrons. The van der Waals surface area contributed by atoms with Gasteiger partial charge in [0.15, 0.2) is 11.6 Å². The van der Waals surface area contributed by atoms with Gasteiger partial charge in [-0.05, 0) is 29.1 Å². The molecule has 0 N–H and O–H groups in total. The standard InChI is InChI=1S/C13H11ClFN3/c14-13-16-7-11(15)12(17-13)18-6-5-9-3-1-2-4-10(9)8-18/h1-4,7H,5-6,8H2. The Morgan fingerprint density at radius 1 is 1.22 bits per heavy atom. The van der Waals surface area contributed by atoms with Crippen LogP contribution in [0.25, 0.3) is 0 Å². The fourth-order valence-corrected chi connectivity index (χ4v) is 2.36. The van der Waals surface area contributed by atoms with Gasteiger partial charge in [-0.2, -0.15) is 4.98 Å². The predicted molar refractivity (Wildman–Crippen MR) is 68.2 cm³/mol. The van der Waals surface area contributed by atoms with Crippen LogP contribution in [-0.4, -0.2) is 16.5 Å². The minimum Gasteiger partial charge on any atom is -0.349 e. The summed E-state index contributed by atoms with van der Waals surface area (Å²) >= 11 is 5.72. The quantitative estimate of drug-likeness (QED) is 0.741. The summed E-state index contributed by atoms with van der Waals surface area (Å²) in [4.78, 5) is 9.50. The number of anilines is 1. The SMILES string of the molecule is Fc1cnc(Cl)nc1N1CCc2ccccc2C1. The molecule has 0 bridgehead atoms. The molecule has 1 aromatic heterocycles. The van der Waals surface area contributed by atoms with Crippen LogP contribution in [0.15, 0.2) is 30.5 Å². The first kappa shape index (κ1) is 11.4. The lowest BCUT2D eigenvalue weighted by Crippen LogP contribution is -2.31. The first-order chi connectivity index (χ1) is 8.74. The highest BCUT2D eigenvalue weighted by Crippen LogP contribution is 2.25. The van der Waals surface area contributed by atoms with Gasteiger partial charge in [0.2, 0.25) is 5.28 Å². The molecule has 3 rings (SSSR count). The summed E-state index contributed by atoms with van der Waals surface area (Å²) in [6.45, 7) is 1.39. The van der Waals surface area contributed by atoms with E-state index in [0.29, 0.717) is 6.54 Å². The van der Waals surface area contributed by atoms with E-state index in [1.807, 2.05) is 17.0 Å². The van der Waals surface area contributed by atoms with Crippen molar-refractivity contribution in [3.63, 3.8) is 0 Å². The maximum Gasteiger partial charge on any atom is 0.224 e. The summed E-state index contributed by atoms with van der Waals surface area (Å²) in [7, 11) is 0. The van der Waals surface area contributed by atoms with Gasteiger partial charge in [0, 0.05) is 13.1 Å². The lowest BCUT2D eigenvalue weighted by molar-refractivity contribution is 0.594. The van der Waals surface area contributed by atoms with E-state index in [2.05, 4.69) is 22.1 Å². The zero-order chi connectivity index (χ0) is 12.5. The Hall–Kier alpha value is -1.68. The first-order valence-electron chi connectivity index (χ1n) is 5.74. The predicted octanol–water partition coefficient (Wildman–Crippen LogP) is 2.83. The third kappa shape index (κ3) is 2.04. The lowest BCUT2D eigenvalue weighted by Gasteiger charge is -2.29. The topological polar surface area (TPSA) is 29.0 Å². The molecule has 0 saturated heterocycles. The molecular weight excluding hydrogens is 253 g/mol. The number of hydrogen-bond acceptors (Lipinski definition) is 3. The van der Waals surface area contributed by atoms with Crippen molar-refractivity contribution < 1.29 is 4.39 Å². The molecule has 0 radical (unpaired) electrons. The van der Waals surface area contributed by atoms with Crippen molar-refractivity contribution in [2.24, 2.45) is 0 Å². The van der Waals surface area contributed by atoms with Crippen LogP contribution < -0.4 is 4.90 Å². The van der Waals surface area contributed by atoms with Gasteiger partial charge >= 0.3 is 0 Å². The van der Waals surface area contributed by atoms with E-state index in [1.54, 1.807) is 0 Å². The van der Waals surface area contributed by atoms with Gasteiger partial charge in [0.25, 0.3) is 0 Å². The molecule has 2 heterocycles. The molecule has 0 atom stereocenters. The minimum atomic E-state index is -0.432. The molecule has 0 unspecified atom stereocenters. The van der Waals surface area contributed by atoms with Crippen LogP contribution in [0.3, 0.4) is 0 Å². The Balaban J connectivity index is 1.94. The van der Waals surface area contributed by atoms with Crippen LogP contribution in [0.1, 0.15) is 11.1 Å². The molecule has 1 aliphatic rings. The number of nitrogens with zero attached hydrogens (tertiary/aromatic N) is 3. The number of hydrogen-bond donors (Lipinski definition) is 0. The monoisotopic (exact) mass is 263 g/mol. The van der Waals surface area contributed by atoms with E-state index >= 15 is 0 Å². The van der Waals surface area contributed by atoms with Crippen molar-refractivity contribution in [2.45, 2.75) is 13.0 Å². The summed E-state index contributed by atoms with van der Waals surface area (Å²) in [5.74, 6) is -0.150. The van der Waals surface area contributed by atoms with Gasteiger partial charge < -0.3 is 4.90 Å². The average Bonchev–Trinajstić information content (AvgIpc) is 2.41. The minimum absolute atomic E-state index is 0.0743. The zero-order valence-electron chi connectivity index (χ0n) is 9.61. The fraction of sp³-hybridized carbons (Fsp3) is 0.231. The molecule has 18 heavy (non-hydrogen) atoms. The molecule has 1 aromatic carbocycles. The van der Waals surface area contributed by atoms with Crippen molar-refractivity contribution in [1.82, 2.24) is 9.97 Å².